The average molecular weight is 358 g/mol. The first-order valence-electron chi connectivity index (χ1n) is 8.87. The number of hydrogen-bond acceptors (Lipinski definition) is 3. The van der Waals surface area contributed by atoms with E-state index in [2.05, 4.69) is 4.98 Å². The number of aromatic nitrogens is 1. The Morgan fingerprint density at radius 1 is 1.16 bits per heavy atom. The molecule has 1 heterocycles. The van der Waals surface area contributed by atoms with Crippen molar-refractivity contribution in [3.63, 3.8) is 0 Å². The van der Waals surface area contributed by atoms with Gasteiger partial charge in [-0.15, -0.1) is 0 Å². The van der Waals surface area contributed by atoms with Crippen molar-refractivity contribution in [1.29, 1.82) is 0 Å². The van der Waals surface area contributed by atoms with E-state index < -0.39 is 11.1 Å². The van der Waals surface area contributed by atoms with Crippen LogP contribution in [0.2, 0.25) is 0 Å². The molecule has 0 saturated heterocycles. The molecule has 2 aromatic rings. The van der Waals surface area contributed by atoms with E-state index >= 15 is 0 Å². The Hall–Kier alpha value is -1.72. The van der Waals surface area contributed by atoms with Crippen LogP contribution >= 0.6 is 0 Å². The topological polar surface area (TPSA) is 73.0 Å². The Labute approximate surface area is 151 Å². The summed E-state index contributed by atoms with van der Waals surface area (Å²) in [6.07, 6.45) is 6.09. The van der Waals surface area contributed by atoms with Crippen LogP contribution < -0.4 is 5.56 Å². The normalized spacial score (nSPS) is 17.5. The molecule has 1 aromatic carbocycles. The molecular formula is C20H24NO3S-. The smallest absolute Gasteiger partial charge is 0.251 e. The minimum absolute atomic E-state index is 0.0349. The monoisotopic (exact) mass is 358 g/mol. The van der Waals surface area contributed by atoms with E-state index in [1.807, 2.05) is 43.3 Å². The van der Waals surface area contributed by atoms with Crippen molar-refractivity contribution < 1.29 is 8.76 Å². The molecule has 0 radical (unpaired) electrons. The van der Waals surface area contributed by atoms with Gasteiger partial charge in [0.15, 0.2) is 0 Å². The van der Waals surface area contributed by atoms with Gasteiger partial charge in [0.05, 0.1) is 0 Å². The Morgan fingerprint density at radius 2 is 1.84 bits per heavy atom. The first kappa shape index (κ1) is 18.1. The summed E-state index contributed by atoms with van der Waals surface area (Å²) in [5, 5.41) is 0. The van der Waals surface area contributed by atoms with Gasteiger partial charge in [0, 0.05) is 22.9 Å². The summed E-state index contributed by atoms with van der Waals surface area (Å²) < 4.78 is 21.7. The van der Waals surface area contributed by atoms with Gasteiger partial charge in [-0.2, -0.15) is 0 Å². The van der Waals surface area contributed by atoms with Crippen molar-refractivity contribution in [3.05, 3.63) is 69.1 Å². The van der Waals surface area contributed by atoms with Gasteiger partial charge < -0.3 is 9.54 Å². The molecular weight excluding hydrogens is 334 g/mol. The van der Waals surface area contributed by atoms with Gasteiger partial charge in [0.25, 0.3) is 5.56 Å². The van der Waals surface area contributed by atoms with Crippen LogP contribution in [0.3, 0.4) is 0 Å². The molecule has 25 heavy (non-hydrogen) atoms. The van der Waals surface area contributed by atoms with E-state index in [-0.39, 0.29) is 17.2 Å². The Bertz CT molecular complexity index is 791. The maximum absolute atomic E-state index is 12.1. The van der Waals surface area contributed by atoms with E-state index in [4.69, 9.17) is 0 Å². The van der Waals surface area contributed by atoms with E-state index in [9.17, 15) is 13.6 Å². The van der Waals surface area contributed by atoms with E-state index in [1.54, 1.807) is 0 Å². The van der Waals surface area contributed by atoms with E-state index in [0.717, 1.165) is 28.8 Å². The average Bonchev–Trinajstić information content (AvgIpc) is 3.09. The summed E-state index contributed by atoms with van der Waals surface area (Å²) in [6, 6.07) is 11.6. The maximum Gasteiger partial charge on any atom is 0.251 e. The lowest BCUT2D eigenvalue weighted by Gasteiger charge is -2.22. The van der Waals surface area contributed by atoms with Crippen LogP contribution in [0.15, 0.2) is 41.2 Å². The molecule has 0 spiro atoms. The van der Waals surface area contributed by atoms with Gasteiger partial charge in [-0.1, -0.05) is 67.1 Å². The van der Waals surface area contributed by atoms with Crippen molar-refractivity contribution in [2.24, 2.45) is 5.92 Å². The molecule has 2 atom stereocenters. The third-order valence-corrected chi connectivity index (χ3v) is 5.78. The highest BCUT2D eigenvalue weighted by atomic mass is 32.2. The second-order valence-electron chi connectivity index (χ2n) is 7.05. The molecule has 0 amide bonds. The summed E-state index contributed by atoms with van der Waals surface area (Å²) in [7, 11) is 0. The van der Waals surface area contributed by atoms with Crippen molar-refractivity contribution in [1.82, 2.24) is 4.98 Å². The molecule has 0 bridgehead atoms. The molecule has 2 unspecified atom stereocenters. The zero-order valence-corrected chi connectivity index (χ0v) is 15.3. The maximum atomic E-state index is 12.1. The van der Waals surface area contributed by atoms with Crippen LogP contribution in [0, 0.1) is 12.8 Å². The van der Waals surface area contributed by atoms with Crippen LogP contribution in [-0.2, 0) is 16.8 Å². The molecule has 3 rings (SSSR count). The molecule has 1 aromatic heterocycles. The largest absolute Gasteiger partial charge is 0.772 e. The van der Waals surface area contributed by atoms with Gasteiger partial charge in [0.2, 0.25) is 0 Å². The quantitative estimate of drug-likeness (QED) is 0.799. The molecule has 5 heteroatoms. The molecule has 134 valence electrons. The summed E-state index contributed by atoms with van der Waals surface area (Å²) in [6.45, 7) is 1.81. The Balaban J connectivity index is 1.90. The van der Waals surface area contributed by atoms with Crippen molar-refractivity contribution in [3.8, 4) is 0 Å². The Morgan fingerprint density at radius 3 is 2.44 bits per heavy atom. The lowest BCUT2D eigenvalue weighted by molar-refractivity contribution is 0.468. The van der Waals surface area contributed by atoms with Gasteiger partial charge >= 0.3 is 0 Å². The van der Waals surface area contributed by atoms with Gasteiger partial charge in [-0.25, -0.2) is 0 Å². The van der Waals surface area contributed by atoms with Gasteiger partial charge in [0.1, 0.15) is 0 Å². The second-order valence-corrected chi connectivity index (χ2v) is 7.95. The van der Waals surface area contributed by atoms with Crippen LogP contribution in [-0.4, -0.2) is 13.7 Å². The summed E-state index contributed by atoms with van der Waals surface area (Å²) in [5.74, 6) is 0.862. The lowest BCUT2D eigenvalue weighted by Crippen LogP contribution is -2.16. The van der Waals surface area contributed by atoms with Gasteiger partial charge in [-0.05, 0) is 36.5 Å². The minimum Gasteiger partial charge on any atom is -0.772 e. The van der Waals surface area contributed by atoms with Crippen molar-refractivity contribution >= 4 is 11.1 Å². The fourth-order valence-corrected chi connectivity index (χ4v) is 4.23. The number of hydrogen-bond donors (Lipinski definition) is 1. The molecule has 1 aliphatic rings. The third kappa shape index (κ3) is 4.67. The van der Waals surface area contributed by atoms with Crippen LogP contribution in [0.4, 0.5) is 0 Å². The van der Waals surface area contributed by atoms with E-state index in [1.165, 1.54) is 25.7 Å². The molecule has 1 N–H and O–H groups in total. The fourth-order valence-electron chi connectivity index (χ4n) is 3.77. The second kappa shape index (κ2) is 8.11. The molecule has 1 fully saturated rings. The van der Waals surface area contributed by atoms with Crippen molar-refractivity contribution in [2.45, 2.75) is 50.7 Å². The highest BCUT2D eigenvalue weighted by Crippen LogP contribution is 2.37. The number of H-pyrrole nitrogens is 1. The summed E-state index contributed by atoms with van der Waals surface area (Å²) in [4.78, 5) is 15.1. The molecule has 1 saturated carbocycles. The highest BCUT2D eigenvalue weighted by Gasteiger charge is 2.23. The first-order valence-corrected chi connectivity index (χ1v) is 10.1. The predicted molar refractivity (Wildman–Crippen MR) is 99.3 cm³/mol. The number of pyridine rings is 1. The van der Waals surface area contributed by atoms with Gasteiger partial charge in [-0.3, -0.25) is 9.00 Å². The third-order valence-electron chi connectivity index (χ3n) is 5.21. The SMILES string of the molecule is Cc1ccc(C(CC2CCCC2)c2ccc(CS(=O)[O-])cc2)[nH]c1=O. The number of aryl methyl sites for hydroxylation is 1. The van der Waals surface area contributed by atoms with Crippen LogP contribution in [0.5, 0.6) is 0 Å². The molecule has 1 aliphatic carbocycles. The fraction of sp³-hybridized carbons (Fsp3) is 0.450. The number of nitrogens with one attached hydrogen (secondary N) is 1. The number of rotatable bonds is 6. The standard InChI is InChI=1S/C20H25NO3S/c1-14-6-11-19(21-20(14)22)18(12-15-4-2-3-5-15)17-9-7-16(8-10-17)13-25(23)24/h6-11,15,18H,2-5,12-13H2,1H3,(H,21,22)(H,23,24)/p-1. The molecule has 0 aliphatic heterocycles. The number of benzene rings is 1. The minimum atomic E-state index is -2.08. The zero-order chi connectivity index (χ0) is 17.8. The molecule has 4 nitrogen and oxygen atoms in total. The van der Waals surface area contributed by atoms with Crippen molar-refractivity contribution in [2.75, 3.05) is 0 Å². The first-order chi connectivity index (χ1) is 12.0. The summed E-state index contributed by atoms with van der Waals surface area (Å²) >= 11 is -2.08. The highest BCUT2D eigenvalue weighted by molar-refractivity contribution is 7.78. The van der Waals surface area contributed by atoms with E-state index in [0.29, 0.717) is 5.92 Å². The van der Waals surface area contributed by atoms with Crippen LogP contribution in [0.25, 0.3) is 0 Å². The lowest BCUT2D eigenvalue weighted by atomic mass is 9.85. The predicted octanol–water partition coefficient (Wildman–Crippen LogP) is 3.77. The number of aromatic amines is 1. The van der Waals surface area contributed by atoms with Crippen LogP contribution in [0.1, 0.15) is 60.4 Å². The Kier molecular flexibility index (Phi) is 5.86. The zero-order valence-electron chi connectivity index (χ0n) is 14.5. The summed E-state index contributed by atoms with van der Waals surface area (Å²) in [5.41, 5.74) is 3.55.